The zero-order valence-electron chi connectivity index (χ0n) is 21.8. The van der Waals surface area contributed by atoms with Crippen molar-refractivity contribution in [1.82, 2.24) is 24.6 Å². The number of anilines is 1. The summed E-state index contributed by atoms with van der Waals surface area (Å²) in [6.45, 7) is 2.35. The summed E-state index contributed by atoms with van der Waals surface area (Å²) in [4.78, 5) is 46.0. The number of pyridine rings is 1. The molecule has 5 rings (SSSR count). The number of halogens is 2. The van der Waals surface area contributed by atoms with Gasteiger partial charge in [0, 0.05) is 44.9 Å². The molecule has 0 radical (unpaired) electrons. The van der Waals surface area contributed by atoms with E-state index >= 15 is 0 Å². The number of nitrogens with one attached hydrogen (secondary N) is 1. The van der Waals surface area contributed by atoms with Crippen LogP contribution in [0.4, 0.5) is 10.2 Å². The molecule has 204 valence electrons. The number of carbonyl (C=O) groups is 3. The zero-order chi connectivity index (χ0) is 28.4. The molecule has 0 spiro atoms. The van der Waals surface area contributed by atoms with Crippen LogP contribution in [0.3, 0.4) is 0 Å². The maximum absolute atomic E-state index is 14.7. The smallest absolute Gasteiger partial charge is 0.274 e. The molecule has 1 fully saturated rings. The van der Waals surface area contributed by atoms with Gasteiger partial charge in [0.1, 0.15) is 11.6 Å². The highest BCUT2D eigenvalue weighted by molar-refractivity contribution is 6.34. The van der Waals surface area contributed by atoms with E-state index in [1.165, 1.54) is 29.9 Å². The van der Waals surface area contributed by atoms with Gasteiger partial charge < -0.3 is 15.1 Å². The molecule has 1 saturated heterocycles. The highest BCUT2D eigenvalue weighted by Gasteiger charge is 2.32. The van der Waals surface area contributed by atoms with Gasteiger partial charge in [0.05, 0.1) is 28.0 Å². The van der Waals surface area contributed by atoms with Gasteiger partial charge in [-0.25, -0.2) is 9.07 Å². The highest BCUT2D eigenvalue weighted by Crippen LogP contribution is 2.29. The standard InChI is InChI=1S/C29H26ClFN6O3/c1-18(38)35(2)20-11-13-36(17-20)29(40)26-16-27(37(34-26)19-8-4-3-5-9-19)33-28(39)21-14-22(24(31)15-23(21)30)25-10-6-7-12-32-25/h3-10,12,14-16,20H,11,13,17H2,1-2H3,(H,33,39). The van der Waals surface area contributed by atoms with Gasteiger partial charge in [0.2, 0.25) is 5.91 Å². The van der Waals surface area contributed by atoms with E-state index in [2.05, 4.69) is 15.4 Å². The summed E-state index contributed by atoms with van der Waals surface area (Å²) in [7, 11) is 1.72. The molecule has 2 aromatic heterocycles. The number of benzene rings is 2. The Labute approximate surface area is 235 Å². The molecule has 3 amide bonds. The minimum atomic E-state index is -0.609. The molecule has 1 unspecified atom stereocenters. The lowest BCUT2D eigenvalue weighted by molar-refractivity contribution is -0.129. The van der Waals surface area contributed by atoms with Crippen molar-refractivity contribution in [3.05, 3.63) is 95.0 Å². The third-order valence-electron chi connectivity index (χ3n) is 6.91. The summed E-state index contributed by atoms with van der Waals surface area (Å²) in [6.07, 6.45) is 2.19. The normalized spacial score (nSPS) is 14.7. The van der Waals surface area contributed by atoms with Crippen molar-refractivity contribution in [2.45, 2.75) is 19.4 Å². The first-order valence-electron chi connectivity index (χ1n) is 12.6. The first kappa shape index (κ1) is 27.0. The van der Waals surface area contributed by atoms with E-state index < -0.39 is 11.7 Å². The fourth-order valence-corrected chi connectivity index (χ4v) is 4.86. The van der Waals surface area contributed by atoms with Crippen LogP contribution in [-0.4, -0.2) is 68.5 Å². The lowest BCUT2D eigenvalue weighted by atomic mass is 10.1. The molecule has 40 heavy (non-hydrogen) atoms. The average molecular weight is 561 g/mol. The van der Waals surface area contributed by atoms with Crippen LogP contribution >= 0.6 is 11.6 Å². The quantitative estimate of drug-likeness (QED) is 0.369. The minimum Gasteiger partial charge on any atom is -0.341 e. The van der Waals surface area contributed by atoms with E-state index in [9.17, 15) is 18.8 Å². The Morgan fingerprint density at radius 2 is 1.82 bits per heavy atom. The van der Waals surface area contributed by atoms with Crippen LogP contribution in [0, 0.1) is 5.82 Å². The second-order valence-corrected chi connectivity index (χ2v) is 9.87. The van der Waals surface area contributed by atoms with E-state index in [-0.39, 0.29) is 45.5 Å². The molecule has 0 aliphatic carbocycles. The zero-order valence-corrected chi connectivity index (χ0v) is 22.6. The monoisotopic (exact) mass is 560 g/mol. The van der Waals surface area contributed by atoms with Gasteiger partial charge in [0.25, 0.3) is 11.8 Å². The Morgan fingerprint density at radius 3 is 2.52 bits per heavy atom. The Balaban J connectivity index is 1.46. The second-order valence-electron chi connectivity index (χ2n) is 9.47. The van der Waals surface area contributed by atoms with E-state index in [0.29, 0.717) is 30.9 Å². The molecule has 0 saturated carbocycles. The molecular formula is C29H26ClFN6O3. The van der Waals surface area contributed by atoms with Crippen molar-refractivity contribution in [3.8, 4) is 16.9 Å². The maximum atomic E-state index is 14.7. The summed E-state index contributed by atoms with van der Waals surface area (Å²) in [5.41, 5.74) is 1.26. The number of hydrogen-bond donors (Lipinski definition) is 1. The maximum Gasteiger partial charge on any atom is 0.274 e. The molecule has 4 aromatic rings. The fraction of sp³-hybridized carbons (Fsp3) is 0.207. The van der Waals surface area contributed by atoms with Crippen LogP contribution in [0.15, 0.2) is 72.9 Å². The Hall–Kier alpha value is -4.57. The number of nitrogens with zero attached hydrogens (tertiary/aromatic N) is 5. The van der Waals surface area contributed by atoms with Gasteiger partial charge in [-0.3, -0.25) is 19.4 Å². The lowest BCUT2D eigenvalue weighted by Crippen LogP contribution is -2.39. The van der Waals surface area contributed by atoms with Crippen LogP contribution in [0.2, 0.25) is 5.02 Å². The van der Waals surface area contributed by atoms with E-state index in [1.807, 2.05) is 18.2 Å². The highest BCUT2D eigenvalue weighted by atomic mass is 35.5. The Morgan fingerprint density at radius 1 is 1.07 bits per heavy atom. The van der Waals surface area contributed by atoms with Crippen molar-refractivity contribution >= 4 is 35.1 Å². The van der Waals surface area contributed by atoms with Gasteiger partial charge >= 0.3 is 0 Å². The minimum absolute atomic E-state index is 0.0343. The van der Waals surface area contributed by atoms with E-state index in [0.717, 1.165) is 6.07 Å². The molecule has 1 N–H and O–H groups in total. The summed E-state index contributed by atoms with van der Waals surface area (Å²) >= 11 is 6.28. The Bertz CT molecular complexity index is 1580. The van der Waals surface area contributed by atoms with Crippen molar-refractivity contribution < 1.29 is 18.8 Å². The SMILES string of the molecule is CC(=O)N(C)C1CCN(C(=O)c2cc(NC(=O)c3cc(-c4ccccn4)c(F)cc3Cl)n(-c3ccccc3)n2)C1. The first-order chi connectivity index (χ1) is 19.2. The number of para-hydroxylation sites is 1. The Kier molecular flexibility index (Phi) is 7.61. The molecule has 1 aliphatic heterocycles. The number of likely N-dealkylation sites (tertiary alicyclic amines) is 1. The summed E-state index contributed by atoms with van der Waals surface area (Å²) in [5.74, 6) is -1.37. The predicted molar refractivity (Wildman–Crippen MR) is 149 cm³/mol. The molecule has 0 bridgehead atoms. The number of hydrogen-bond acceptors (Lipinski definition) is 5. The van der Waals surface area contributed by atoms with Crippen LogP contribution in [0.1, 0.15) is 34.2 Å². The van der Waals surface area contributed by atoms with Gasteiger partial charge in [-0.2, -0.15) is 5.10 Å². The summed E-state index contributed by atoms with van der Waals surface area (Å²) in [5, 5.41) is 7.21. The van der Waals surface area contributed by atoms with Crippen molar-refractivity contribution in [2.75, 3.05) is 25.5 Å². The number of likely N-dealkylation sites (N-methyl/N-ethyl adjacent to an activating group) is 1. The first-order valence-corrected chi connectivity index (χ1v) is 13.0. The molecule has 2 aromatic carbocycles. The largest absolute Gasteiger partial charge is 0.341 e. The van der Waals surface area contributed by atoms with Crippen LogP contribution in [0.25, 0.3) is 16.9 Å². The van der Waals surface area contributed by atoms with Crippen molar-refractivity contribution in [2.24, 2.45) is 0 Å². The molecule has 1 aliphatic rings. The predicted octanol–water partition coefficient (Wildman–Crippen LogP) is 4.67. The fourth-order valence-electron chi connectivity index (χ4n) is 4.63. The van der Waals surface area contributed by atoms with Gasteiger partial charge in [-0.15, -0.1) is 0 Å². The van der Waals surface area contributed by atoms with Crippen molar-refractivity contribution in [3.63, 3.8) is 0 Å². The number of amides is 3. The molecule has 1 atom stereocenters. The number of aromatic nitrogens is 3. The topological polar surface area (TPSA) is 100 Å². The van der Waals surface area contributed by atoms with Gasteiger partial charge in [-0.05, 0) is 42.8 Å². The van der Waals surface area contributed by atoms with Gasteiger partial charge in [0.15, 0.2) is 5.69 Å². The number of carbonyl (C=O) groups excluding carboxylic acids is 3. The van der Waals surface area contributed by atoms with Gasteiger partial charge in [-0.1, -0.05) is 35.9 Å². The van der Waals surface area contributed by atoms with Crippen molar-refractivity contribution in [1.29, 1.82) is 0 Å². The molecule has 11 heteroatoms. The second kappa shape index (κ2) is 11.3. The third-order valence-corrected chi connectivity index (χ3v) is 7.22. The third kappa shape index (κ3) is 5.43. The summed E-state index contributed by atoms with van der Waals surface area (Å²) in [6, 6.07) is 17.9. The van der Waals surface area contributed by atoms with E-state index in [1.54, 1.807) is 47.2 Å². The lowest BCUT2D eigenvalue weighted by Gasteiger charge is -2.23. The molecule has 9 nitrogen and oxygen atoms in total. The van der Waals surface area contributed by atoms with Crippen LogP contribution < -0.4 is 5.32 Å². The average Bonchev–Trinajstić information content (AvgIpc) is 3.61. The molecule has 3 heterocycles. The van der Waals surface area contributed by atoms with Crippen LogP contribution in [-0.2, 0) is 4.79 Å². The molecular weight excluding hydrogens is 535 g/mol. The summed E-state index contributed by atoms with van der Waals surface area (Å²) < 4.78 is 16.2. The number of rotatable bonds is 6. The van der Waals surface area contributed by atoms with Crippen LogP contribution in [0.5, 0.6) is 0 Å². The van der Waals surface area contributed by atoms with E-state index in [4.69, 9.17) is 11.6 Å².